The second-order valence-corrected chi connectivity index (χ2v) is 6.11. The maximum absolute atomic E-state index is 12.0. The number of nitrogens with one attached hydrogen (secondary N) is 1. The largest absolute Gasteiger partial charge is 0.478 e. The first kappa shape index (κ1) is 14.5. The molecule has 7 heteroatoms. The first-order chi connectivity index (χ1) is 9.49. The fourth-order valence-electron chi connectivity index (χ4n) is 2.14. The molecule has 0 spiro atoms. The van der Waals surface area contributed by atoms with Crippen LogP contribution in [0.4, 0.5) is 10.5 Å². The van der Waals surface area contributed by atoms with Crippen LogP contribution in [0, 0.1) is 0 Å². The number of carboxylic acid groups (broad SMARTS) is 1. The number of benzene rings is 1. The van der Waals surface area contributed by atoms with E-state index < -0.39 is 16.8 Å². The van der Waals surface area contributed by atoms with Crippen molar-refractivity contribution in [2.75, 3.05) is 30.0 Å². The van der Waals surface area contributed by atoms with Gasteiger partial charge in [-0.05, 0) is 30.2 Å². The smallest absolute Gasteiger partial charge is 0.335 e. The molecule has 1 aromatic rings. The number of amides is 2. The van der Waals surface area contributed by atoms with Crippen molar-refractivity contribution in [3.05, 3.63) is 29.3 Å². The van der Waals surface area contributed by atoms with Gasteiger partial charge in [-0.1, -0.05) is 0 Å². The quantitative estimate of drug-likeness (QED) is 0.862. The van der Waals surface area contributed by atoms with Gasteiger partial charge in [0.2, 0.25) is 0 Å². The van der Waals surface area contributed by atoms with Gasteiger partial charge in [0.05, 0.1) is 5.56 Å². The van der Waals surface area contributed by atoms with Crippen LogP contribution in [0.25, 0.3) is 0 Å². The summed E-state index contributed by atoms with van der Waals surface area (Å²) in [4.78, 5) is 24.5. The van der Waals surface area contributed by atoms with Gasteiger partial charge < -0.3 is 10.4 Å². The summed E-state index contributed by atoms with van der Waals surface area (Å²) < 4.78 is 10.9. The molecular weight excluding hydrogens is 280 g/mol. The van der Waals surface area contributed by atoms with Crippen molar-refractivity contribution in [1.29, 1.82) is 0 Å². The van der Waals surface area contributed by atoms with Crippen molar-refractivity contribution in [1.82, 2.24) is 5.32 Å². The van der Waals surface area contributed by atoms with Gasteiger partial charge in [-0.2, -0.15) is 0 Å². The second kappa shape index (κ2) is 6.04. The lowest BCUT2D eigenvalue weighted by atomic mass is 10.1. The van der Waals surface area contributed by atoms with Crippen LogP contribution in [0.1, 0.15) is 15.9 Å². The van der Waals surface area contributed by atoms with E-state index in [-0.39, 0.29) is 11.6 Å². The number of anilines is 1. The standard InChI is InChI=1S/C13H16N2O4S/c1-20(19)7-5-14-13(18)15-6-4-9-8-10(12(16)17)2-3-11(9)15/h2-3,8H,4-7H2,1H3,(H,14,18)(H,16,17). The number of hydrogen-bond donors (Lipinski definition) is 2. The molecule has 0 fully saturated rings. The van der Waals surface area contributed by atoms with Gasteiger partial charge in [-0.3, -0.25) is 9.11 Å². The number of carbonyl (C=O) groups excluding carboxylic acids is 1. The summed E-state index contributed by atoms with van der Waals surface area (Å²) in [5.74, 6) is -0.550. The Morgan fingerprint density at radius 2 is 2.20 bits per heavy atom. The van der Waals surface area contributed by atoms with E-state index in [0.29, 0.717) is 25.3 Å². The molecule has 0 bridgehead atoms. The number of urea groups is 1. The number of aromatic carboxylic acids is 1. The molecule has 1 unspecified atom stereocenters. The van der Waals surface area contributed by atoms with E-state index in [9.17, 15) is 13.8 Å². The molecule has 1 heterocycles. The van der Waals surface area contributed by atoms with E-state index in [1.54, 1.807) is 23.3 Å². The summed E-state index contributed by atoms with van der Waals surface area (Å²) in [6.45, 7) is 0.889. The topological polar surface area (TPSA) is 86.7 Å². The van der Waals surface area contributed by atoms with Crippen LogP contribution in [0.15, 0.2) is 18.2 Å². The summed E-state index contributed by atoms with van der Waals surface area (Å²) in [6, 6.07) is 4.51. The van der Waals surface area contributed by atoms with Crippen LogP contribution >= 0.6 is 0 Å². The monoisotopic (exact) mass is 296 g/mol. The number of nitrogens with zero attached hydrogens (tertiary/aromatic N) is 1. The van der Waals surface area contributed by atoms with Crippen LogP contribution < -0.4 is 10.2 Å². The molecule has 1 aliphatic heterocycles. The van der Waals surface area contributed by atoms with E-state index in [1.165, 1.54) is 6.07 Å². The third-order valence-electron chi connectivity index (χ3n) is 3.13. The van der Waals surface area contributed by atoms with Gasteiger partial charge in [-0.15, -0.1) is 0 Å². The molecule has 1 aromatic carbocycles. The number of carbonyl (C=O) groups is 2. The van der Waals surface area contributed by atoms with Crippen LogP contribution in [0.2, 0.25) is 0 Å². The van der Waals surface area contributed by atoms with Crippen LogP contribution in [0.3, 0.4) is 0 Å². The summed E-state index contributed by atoms with van der Waals surface area (Å²) >= 11 is 0. The highest BCUT2D eigenvalue weighted by atomic mass is 32.2. The van der Waals surface area contributed by atoms with Crippen molar-refractivity contribution in [3.63, 3.8) is 0 Å². The minimum absolute atomic E-state index is 0.229. The third kappa shape index (κ3) is 3.16. The molecule has 0 saturated heterocycles. The Morgan fingerprint density at radius 1 is 1.45 bits per heavy atom. The first-order valence-electron chi connectivity index (χ1n) is 6.20. The zero-order valence-corrected chi connectivity index (χ0v) is 11.9. The Hall–Kier alpha value is -1.89. The molecule has 2 N–H and O–H groups in total. The Kier molecular flexibility index (Phi) is 4.39. The van der Waals surface area contributed by atoms with Crippen molar-refractivity contribution in [2.45, 2.75) is 6.42 Å². The fraction of sp³-hybridized carbons (Fsp3) is 0.385. The van der Waals surface area contributed by atoms with Gasteiger partial charge in [-0.25, -0.2) is 9.59 Å². The fourth-order valence-corrected chi connectivity index (χ4v) is 2.53. The van der Waals surface area contributed by atoms with Gasteiger partial charge in [0.1, 0.15) is 0 Å². The number of fused-ring (bicyclic) bond motifs is 1. The molecular formula is C13H16N2O4S. The highest BCUT2D eigenvalue weighted by Gasteiger charge is 2.25. The van der Waals surface area contributed by atoms with E-state index in [0.717, 1.165) is 11.3 Å². The second-order valence-electron chi connectivity index (χ2n) is 4.56. The van der Waals surface area contributed by atoms with Gasteiger partial charge in [0.15, 0.2) is 0 Å². The predicted octanol–water partition coefficient (Wildman–Crippen LogP) is 0.835. The molecule has 0 aliphatic carbocycles. The van der Waals surface area contributed by atoms with Gasteiger partial charge >= 0.3 is 12.0 Å². The van der Waals surface area contributed by atoms with E-state index >= 15 is 0 Å². The van der Waals surface area contributed by atoms with Crippen molar-refractivity contribution in [3.8, 4) is 0 Å². The SMILES string of the molecule is CS(=O)CCNC(=O)N1CCc2cc(C(=O)O)ccc21. The predicted molar refractivity (Wildman–Crippen MR) is 76.8 cm³/mol. The van der Waals surface area contributed by atoms with Gasteiger partial charge in [0.25, 0.3) is 0 Å². The summed E-state index contributed by atoms with van der Waals surface area (Å²) in [6.07, 6.45) is 2.23. The van der Waals surface area contributed by atoms with Crippen LogP contribution in [0.5, 0.6) is 0 Å². The van der Waals surface area contributed by atoms with Gasteiger partial charge in [0, 0.05) is 41.6 Å². The molecule has 0 saturated carbocycles. The van der Waals surface area contributed by atoms with Crippen molar-refractivity contribution < 1.29 is 18.9 Å². The minimum atomic E-state index is -0.971. The molecule has 1 aliphatic rings. The molecule has 2 rings (SSSR count). The molecule has 2 amide bonds. The Bertz CT molecular complexity index is 573. The highest BCUT2D eigenvalue weighted by molar-refractivity contribution is 7.84. The van der Waals surface area contributed by atoms with E-state index in [1.807, 2.05) is 0 Å². The highest BCUT2D eigenvalue weighted by Crippen LogP contribution is 2.28. The molecule has 6 nitrogen and oxygen atoms in total. The van der Waals surface area contributed by atoms with Crippen molar-refractivity contribution >= 4 is 28.5 Å². The Balaban J connectivity index is 2.06. The summed E-state index contributed by atoms with van der Waals surface area (Å²) in [7, 11) is -0.936. The molecule has 1 atom stereocenters. The third-order valence-corrected chi connectivity index (χ3v) is 3.91. The van der Waals surface area contributed by atoms with Crippen LogP contribution in [-0.2, 0) is 17.2 Å². The average molecular weight is 296 g/mol. The van der Waals surface area contributed by atoms with E-state index in [4.69, 9.17) is 5.11 Å². The molecule has 20 heavy (non-hydrogen) atoms. The number of hydrogen-bond acceptors (Lipinski definition) is 3. The molecule has 0 aromatic heterocycles. The first-order valence-corrected chi connectivity index (χ1v) is 7.93. The maximum atomic E-state index is 12.0. The van der Waals surface area contributed by atoms with Crippen molar-refractivity contribution in [2.24, 2.45) is 0 Å². The Morgan fingerprint density at radius 3 is 2.85 bits per heavy atom. The normalized spacial score (nSPS) is 14.8. The number of rotatable bonds is 4. The number of carboxylic acids is 1. The molecule has 108 valence electrons. The summed E-state index contributed by atoms with van der Waals surface area (Å²) in [5.41, 5.74) is 1.83. The summed E-state index contributed by atoms with van der Waals surface area (Å²) in [5, 5.41) is 11.6. The minimum Gasteiger partial charge on any atom is -0.478 e. The lowest BCUT2D eigenvalue weighted by molar-refractivity contribution is 0.0697. The average Bonchev–Trinajstić information content (AvgIpc) is 2.80. The lowest BCUT2D eigenvalue weighted by Crippen LogP contribution is -2.40. The van der Waals surface area contributed by atoms with Crippen LogP contribution in [-0.4, -0.2) is 46.4 Å². The maximum Gasteiger partial charge on any atom is 0.335 e. The zero-order valence-electron chi connectivity index (χ0n) is 11.1. The molecule has 0 radical (unpaired) electrons. The lowest BCUT2D eigenvalue weighted by Gasteiger charge is -2.18. The Labute approximate surface area is 119 Å². The zero-order chi connectivity index (χ0) is 14.7. The van der Waals surface area contributed by atoms with E-state index in [2.05, 4.69) is 5.32 Å².